The van der Waals surface area contributed by atoms with Crippen LogP contribution in [-0.4, -0.2) is 322 Å². The van der Waals surface area contributed by atoms with Crippen LogP contribution in [0.4, 0.5) is 4.79 Å². The molecule has 0 bridgehead atoms. The summed E-state index contributed by atoms with van der Waals surface area (Å²) < 4.78 is 0. The van der Waals surface area contributed by atoms with Gasteiger partial charge in [-0.25, -0.2) is 19.6 Å². The number of imidazole rings is 2. The molecule has 0 saturated carbocycles. The minimum absolute atomic E-state index is 0.0143. The quantitative estimate of drug-likeness (QED) is 0.0127. The van der Waals surface area contributed by atoms with Gasteiger partial charge in [-0.1, -0.05) is 60.8 Å². The highest BCUT2D eigenvalue weighted by molar-refractivity contribution is 8.00. The fourth-order valence-corrected chi connectivity index (χ4v) is 15.6. The highest BCUT2D eigenvalue weighted by Crippen LogP contribution is 2.33. The third-order valence-electron chi connectivity index (χ3n) is 22.7. The van der Waals surface area contributed by atoms with Crippen LogP contribution in [0.5, 0.6) is 0 Å². The maximum absolute atomic E-state index is 14.3. The van der Waals surface area contributed by atoms with Gasteiger partial charge < -0.3 is 154 Å². The smallest absolute Gasteiger partial charge is 0.326 e. The first kappa shape index (κ1) is 118. The Labute approximate surface area is 809 Å². The molecule has 2 aromatic rings. The summed E-state index contributed by atoms with van der Waals surface area (Å²) in [6.45, 7) is 13.7. The van der Waals surface area contributed by atoms with Gasteiger partial charge in [0, 0.05) is 68.5 Å². The Morgan fingerprint density at radius 2 is 0.821 bits per heavy atom. The molecule has 4 heterocycles. The van der Waals surface area contributed by atoms with E-state index in [4.69, 9.17) is 22.6 Å². The molecule has 55 nitrogen and oxygen atoms in total. The first-order chi connectivity index (χ1) is 65.9. The lowest BCUT2D eigenvalue weighted by atomic mass is 9.96. The normalized spacial score (nSPS) is 17.4. The van der Waals surface area contributed by atoms with Crippen molar-refractivity contribution in [3.8, 4) is 0 Å². The summed E-state index contributed by atoms with van der Waals surface area (Å²) in [7, 11) is 0. The van der Waals surface area contributed by atoms with Crippen LogP contribution in [0.2, 0.25) is 0 Å². The van der Waals surface area contributed by atoms with E-state index in [9.17, 15) is 131 Å². The number of aliphatic hydroxyl groups excluding tert-OH is 1. The second-order valence-electron chi connectivity index (χ2n) is 34.4. The monoisotopic (exact) mass is 2000 g/mol. The minimum Gasteiger partial charge on any atom is -0.481 e. The zero-order chi connectivity index (χ0) is 105. The number of aromatic nitrogens is 4. The van der Waals surface area contributed by atoms with Crippen LogP contribution in [0.15, 0.2) is 25.0 Å². The van der Waals surface area contributed by atoms with Gasteiger partial charge in [-0.2, -0.15) is 11.8 Å². The molecular formula is C84H134N28O27S. The van der Waals surface area contributed by atoms with Crippen molar-refractivity contribution in [2.75, 3.05) is 25.4 Å². The number of unbranched alkanes of at least 4 members (excludes halogenated alkanes) is 1. The molecule has 778 valence electrons. The number of urea groups is 1. The summed E-state index contributed by atoms with van der Waals surface area (Å²) in [5.74, 6) is -25.7. The number of H-pyrrole nitrogens is 2. The van der Waals surface area contributed by atoms with Crippen molar-refractivity contribution in [2.24, 2.45) is 35.0 Å². The average molecular weight is 2000 g/mol. The van der Waals surface area contributed by atoms with Crippen molar-refractivity contribution in [3.05, 3.63) is 36.4 Å². The highest BCUT2D eigenvalue weighted by Gasteiger charge is 2.44. The second-order valence-corrected chi connectivity index (χ2v) is 35.7. The molecule has 4 rings (SSSR count). The molecular weight excluding hydrogens is 1870 g/mol. The van der Waals surface area contributed by atoms with Crippen molar-refractivity contribution in [1.29, 1.82) is 5.41 Å². The van der Waals surface area contributed by atoms with Crippen LogP contribution < -0.4 is 124 Å². The number of nitrogens with zero attached hydrogens (tertiary/aromatic N) is 2. The third kappa shape index (κ3) is 41.1. The molecule has 2 aliphatic rings. The molecule has 21 atom stereocenters. The number of carbonyl (C=O) groups excluding carboxylic acids is 20. The molecule has 2 fully saturated rings. The first-order valence-electron chi connectivity index (χ1n) is 45.5. The number of fused-ring (bicyclic) bond motifs is 1. The van der Waals surface area contributed by atoms with Crippen molar-refractivity contribution < 1.29 is 131 Å². The zero-order valence-corrected chi connectivity index (χ0v) is 80.4. The second kappa shape index (κ2) is 59.0. The van der Waals surface area contributed by atoms with Crippen LogP contribution >= 0.6 is 11.8 Å². The molecule has 56 heteroatoms. The van der Waals surface area contributed by atoms with Crippen LogP contribution in [0, 0.1) is 23.2 Å². The predicted molar refractivity (Wildman–Crippen MR) is 494 cm³/mol. The predicted octanol–water partition coefficient (Wildman–Crippen LogP) is -9.42. The summed E-state index contributed by atoms with van der Waals surface area (Å²) in [4.78, 5) is 321. The fourth-order valence-electron chi connectivity index (χ4n) is 14.1. The number of rotatable bonds is 64. The number of carboxylic acid groups (broad SMARTS) is 3. The van der Waals surface area contributed by atoms with Crippen molar-refractivity contribution >= 4 is 154 Å². The Morgan fingerprint density at radius 1 is 0.421 bits per heavy atom. The fraction of sp³-hybridized carbons (Fsp3) is 0.643. The number of carbonyl (C=O) groups is 23. The van der Waals surface area contributed by atoms with Gasteiger partial charge in [0.15, 0.2) is 5.96 Å². The summed E-state index contributed by atoms with van der Waals surface area (Å²) in [6, 6.07) is -25.9. The van der Waals surface area contributed by atoms with E-state index >= 15 is 0 Å². The van der Waals surface area contributed by atoms with Gasteiger partial charge in [-0.3, -0.25) is 106 Å². The number of nitrogens with two attached hydrogens (primary N) is 3. The number of carboxylic acids is 3. The van der Waals surface area contributed by atoms with E-state index < -0.39 is 303 Å². The lowest BCUT2D eigenvalue weighted by Gasteiger charge is -2.29. The Balaban J connectivity index is 1.41. The van der Waals surface area contributed by atoms with E-state index in [1.165, 1.54) is 66.6 Å². The maximum atomic E-state index is 14.3. The Morgan fingerprint density at radius 3 is 1.27 bits per heavy atom. The van der Waals surface area contributed by atoms with Crippen molar-refractivity contribution in [1.82, 2.24) is 126 Å². The number of thioether (sulfide) groups is 1. The molecule has 0 radical (unpaired) electrons. The van der Waals surface area contributed by atoms with Gasteiger partial charge in [0.2, 0.25) is 112 Å². The SMILES string of the molecule is CCC(C)C(NC(=O)CCCCC1SCC2NC(=O)NC21)C(=O)NC(CO)C(=O)NC(CCC(N)=O)C(=O)NC(C)C(=O)NC(C(=O)NC(Cc1c[nH]cn1)C(=O)NC(C)C(=O)NC(C)C(=O)NC(Cc1c[nH]cn1)C(=O)NC(C)C(=O)NC(CCC(=O)O)C(=O)NC(C(=O)NC(CC(N)=O)C(=O)NC(CCC(=O)O)C(=O)NC(C)C(=O)NCC(=O)NC(CCCNC(=N)N)C(=O)O)C(C)CC)C(C)C. The largest absolute Gasteiger partial charge is 0.481 e. The Hall–Kier alpha value is -14.4. The number of primary amides is 2. The molecule has 0 aromatic carbocycles. The van der Waals surface area contributed by atoms with Gasteiger partial charge in [0.25, 0.3) is 0 Å². The van der Waals surface area contributed by atoms with Gasteiger partial charge in [-0.05, 0) is 97.3 Å². The van der Waals surface area contributed by atoms with Crippen LogP contribution in [0.1, 0.15) is 184 Å². The molecule has 2 aliphatic heterocycles. The highest BCUT2D eigenvalue weighted by atomic mass is 32.2. The molecule has 0 aliphatic carbocycles. The van der Waals surface area contributed by atoms with E-state index in [-0.39, 0.29) is 85.8 Å². The standard InChI is InChI=1S/C84H134N28O27S/c1-12-38(5)64(109-59(116)19-15-14-18-56-66-55(34-140-56)108-84(139)112-66)80(135)107-54(33-113)78(133)103-47(20-23-57(85)114)72(127)97-44(11)71(126)110-63(37(3)4)79(134)105-52(28-46-31-90-36-94-46)76(131)98-41(8)68(123)95-42(9)70(125)104-51(27-45-30-89-35-93-45)75(130)99-43(10)69(124)101-49(22-25-62(120)121)74(129)111-65(39(6)13-2)81(136)106-53(29-58(86)115)77(132)102-48(21-24-61(118)119)73(128)96-40(7)67(122)92-32-60(117)100-50(82(137)138)17-16-26-91-83(87)88/h30-31,35-44,47-56,63-66,113H,12-29,32-34H2,1-11H3,(H2,85,114)(H2,86,115)(H,89,93)(H,90,94)(H,92,122)(H,95,123)(H,96,128)(H,97,127)(H,98,131)(H,99,130)(H,100,117)(H,101,124)(H,102,132)(H,103,133)(H,104,125)(H,105,134)(H,106,136)(H,107,135)(H,109,116)(H,110,126)(H,111,129)(H,118,119)(H,120,121)(H,137,138)(H4,87,88,91)(H2,108,112,139). The minimum atomic E-state index is -1.99. The Bertz CT molecular complexity index is 4680. The third-order valence-corrected chi connectivity index (χ3v) is 24.2. The van der Waals surface area contributed by atoms with Crippen molar-refractivity contribution in [3.63, 3.8) is 0 Å². The molecule has 21 unspecified atom stereocenters. The number of nitrogens with one attached hydrogen (secondary N) is 23. The number of guanidine groups is 1. The molecule has 2 saturated heterocycles. The lowest BCUT2D eigenvalue weighted by molar-refractivity contribution is -0.142. The summed E-state index contributed by atoms with van der Waals surface area (Å²) in [5, 5.41) is 95.5. The molecule has 140 heavy (non-hydrogen) atoms. The van der Waals surface area contributed by atoms with E-state index in [2.05, 4.69) is 126 Å². The van der Waals surface area contributed by atoms with Gasteiger partial charge in [0.05, 0.1) is 55.7 Å². The van der Waals surface area contributed by atoms with Crippen LogP contribution in [-0.2, 0) is 118 Å². The number of aliphatic hydroxyl groups is 1. The molecule has 21 amide bonds. The van der Waals surface area contributed by atoms with E-state index in [1.54, 1.807) is 32.5 Å². The van der Waals surface area contributed by atoms with Crippen LogP contribution in [0.25, 0.3) is 0 Å². The van der Waals surface area contributed by atoms with E-state index in [0.29, 0.717) is 19.3 Å². The number of hydrogen-bond acceptors (Lipinski definition) is 28. The number of hydrogen-bond donors (Lipinski definition) is 30. The molecule has 33 N–H and O–H groups in total. The van der Waals surface area contributed by atoms with Gasteiger partial charge in [-0.15, -0.1) is 0 Å². The molecule has 2 aromatic heterocycles. The summed E-state index contributed by atoms with van der Waals surface area (Å²) in [6.07, 6.45) is 2.14. The number of aromatic amines is 2. The van der Waals surface area contributed by atoms with Crippen LogP contribution in [0.3, 0.4) is 0 Å². The van der Waals surface area contributed by atoms with Crippen molar-refractivity contribution in [2.45, 2.75) is 299 Å². The van der Waals surface area contributed by atoms with Gasteiger partial charge in [0.1, 0.15) is 96.7 Å². The Kier molecular flexibility index (Phi) is 49.7. The van der Waals surface area contributed by atoms with E-state index in [0.717, 1.165) is 26.0 Å². The topological polar surface area (TPSA) is 873 Å². The zero-order valence-electron chi connectivity index (χ0n) is 79.6. The average Bonchev–Trinajstić information content (AvgIpc) is 1.76. The maximum Gasteiger partial charge on any atom is 0.326 e. The lowest BCUT2D eigenvalue weighted by Crippen LogP contribution is -2.61. The number of aliphatic carboxylic acids is 3. The molecule has 0 spiro atoms. The summed E-state index contributed by atoms with van der Waals surface area (Å²) >= 11 is 1.73. The van der Waals surface area contributed by atoms with Gasteiger partial charge >= 0.3 is 23.9 Å². The van der Waals surface area contributed by atoms with E-state index in [1.807, 2.05) is 0 Å². The number of amides is 21. The first-order valence-corrected chi connectivity index (χ1v) is 46.6. The summed E-state index contributed by atoms with van der Waals surface area (Å²) in [5.41, 5.74) is 16.5.